The van der Waals surface area contributed by atoms with Crippen LogP contribution in [0.3, 0.4) is 0 Å². The van der Waals surface area contributed by atoms with E-state index in [-0.39, 0.29) is 5.78 Å². The highest BCUT2D eigenvalue weighted by molar-refractivity contribution is 9.10. The van der Waals surface area contributed by atoms with Crippen LogP contribution in [0, 0.1) is 0 Å². The zero-order chi connectivity index (χ0) is 14.7. The van der Waals surface area contributed by atoms with Crippen LogP contribution in [0.2, 0.25) is 0 Å². The van der Waals surface area contributed by atoms with Gasteiger partial charge in [-0.2, -0.15) is 0 Å². The summed E-state index contributed by atoms with van der Waals surface area (Å²) in [5, 5.41) is 0. The highest BCUT2D eigenvalue weighted by atomic mass is 79.9. The molecular formula is C19H13BrO. The number of rotatable bonds is 3. The lowest BCUT2D eigenvalue weighted by atomic mass is 9.94. The van der Waals surface area contributed by atoms with Gasteiger partial charge in [-0.1, -0.05) is 70.5 Å². The molecule has 3 rings (SSSR count). The van der Waals surface area contributed by atoms with E-state index in [0.29, 0.717) is 5.56 Å². The van der Waals surface area contributed by atoms with Crippen molar-refractivity contribution in [3.8, 4) is 11.1 Å². The first-order chi connectivity index (χ1) is 10.3. The van der Waals surface area contributed by atoms with Gasteiger partial charge in [0.25, 0.3) is 0 Å². The van der Waals surface area contributed by atoms with E-state index < -0.39 is 0 Å². The molecule has 2 heteroatoms. The Morgan fingerprint density at radius 2 is 1.33 bits per heavy atom. The van der Waals surface area contributed by atoms with E-state index in [0.717, 1.165) is 21.2 Å². The van der Waals surface area contributed by atoms with Crippen LogP contribution in [0.5, 0.6) is 0 Å². The Balaban J connectivity index is 2.07. The summed E-state index contributed by atoms with van der Waals surface area (Å²) in [4.78, 5) is 12.7. The normalized spacial score (nSPS) is 10.3. The fourth-order valence-corrected chi connectivity index (χ4v) is 2.57. The maximum atomic E-state index is 12.7. The third kappa shape index (κ3) is 2.96. The van der Waals surface area contributed by atoms with Gasteiger partial charge in [-0.3, -0.25) is 4.79 Å². The first-order valence-corrected chi connectivity index (χ1v) is 7.50. The maximum Gasteiger partial charge on any atom is 0.193 e. The molecule has 0 radical (unpaired) electrons. The van der Waals surface area contributed by atoms with Gasteiger partial charge in [-0.05, 0) is 35.4 Å². The first kappa shape index (κ1) is 13.8. The summed E-state index contributed by atoms with van der Waals surface area (Å²) in [5.41, 5.74) is 3.44. The van der Waals surface area contributed by atoms with Crippen molar-refractivity contribution >= 4 is 21.7 Å². The van der Waals surface area contributed by atoms with Crippen molar-refractivity contribution in [1.29, 1.82) is 0 Å². The van der Waals surface area contributed by atoms with Crippen LogP contribution < -0.4 is 0 Å². The third-order valence-electron chi connectivity index (χ3n) is 3.36. The fraction of sp³-hybridized carbons (Fsp3) is 0. The largest absolute Gasteiger partial charge is 0.289 e. The van der Waals surface area contributed by atoms with Crippen molar-refractivity contribution < 1.29 is 4.79 Å². The number of benzene rings is 3. The molecule has 0 atom stereocenters. The minimum Gasteiger partial charge on any atom is -0.289 e. The Kier molecular flexibility index (Phi) is 3.98. The predicted molar refractivity (Wildman–Crippen MR) is 89.5 cm³/mol. The Bertz CT molecular complexity index is 761. The van der Waals surface area contributed by atoms with Crippen LogP contribution in [0.4, 0.5) is 0 Å². The lowest BCUT2D eigenvalue weighted by Crippen LogP contribution is -2.03. The molecule has 0 aliphatic carbocycles. The minimum atomic E-state index is 0.0435. The smallest absolute Gasteiger partial charge is 0.193 e. The average Bonchev–Trinajstić information content (AvgIpc) is 2.56. The minimum absolute atomic E-state index is 0.0435. The van der Waals surface area contributed by atoms with E-state index in [9.17, 15) is 4.79 Å². The summed E-state index contributed by atoms with van der Waals surface area (Å²) in [6.07, 6.45) is 0. The van der Waals surface area contributed by atoms with Gasteiger partial charge in [-0.15, -0.1) is 0 Å². The topological polar surface area (TPSA) is 17.1 Å². The van der Waals surface area contributed by atoms with Gasteiger partial charge in [0, 0.05) is 15.6 Å². The molecule has 0 aromatic heterocycles. The first-order valence-electron chi connectivity index (χ1n) is 6.70. The molecule has 0 amide bonds. The summed E-state index contributed by atoms with van der Waals surface area (Å²) in [6.45, 7) is 0. The van der Waals surface area contributed by atoms with Crippen molar-refractivity contribution in [2.24, 2.45) is 0 Å². The zero-order valence-electron chi connectivity index (χ0n) is 11.3. The van der Waals surface area contributed by atoms with Crippen molar-refractivity contribution in [2.45, 2.75) is 0 Å². The Morgan fingerprint density at radius 3 is 2.05 bits per heavy atom. The molecule has 0 saturated heterocycles. The highest BCUT2D eigenvalue weighted by Crippen LogP contribution is 2.25. The quantitative estimate of drug-likeness (QED) is 0.589. The van der Waals surface area contributed by atoms with Gasteiger partial charge in [0.05, 0.1) is 0 Å². The highest BCUT2D eigenvalue weighted by Gasteiger charge is 2.13. The molecule has 0 bridgehead atoms. The summed E-state index contributed by atoms with van der Waals surface area (Å²) in [7, 11) is 0. The second kappa shape index (κ2) is 6.06. The molecule has 0 N–H and O–H groups in total. The van der Waals surface area contributed by atoms with Gasteiger partial charge >= 0.3 is 0 Å². The molecule has 21 heavy (non-hydrogen) atoms. The summed E-state index contributed by atoms with van der Waals surface area (Å²) >= 11 is 3.39. The van der Waals surface area contributed by atoms with E-state index in [2.05, 4.69) is 15.9 Å². The van der Waals surface area contributed by atoms with Crippen LogP contribution in [-0.4, -0.2) is 5.78 Å². The van der Waals surface area contributed by atoms with E-state index in [4.69, 9.17) is 0 Å². The standard InChI is InChI=1S/C19H13BrO/c20-16-12-10-15(11-13-16)19(21)18-9-5-4-8-17(18)14-6-2-1-3-7-14/h1-13H. The van der Waals surface area contributed by atoms with Crippen LogP contribution >= 0.6 is 15.9 Å². The van der Waals surface area contributed by atoms with Crippen molar-refractivity contribution in [2.75, 3.05) is 0 Å². The molecule has 0 heterocycles. The van der Waals surface area contributed by atoms with Crippen LogP contribution in [-0.2, 0) is 0 Å². The van der Waals surface area contributed by atoms with Gasteiger partial charge in [0.15, 0.2) is 5.78 Å². The Morgan fingerprint density at radius 1 is 0.714 bits per heavy atom. The van der Waals surface area contributed by atoms with E-state index in [1.165, 1.54) is 0 Å². The van der Waals surface area contributed by atoms with Crippen molar-refractivity contribution in [1.82, 2.24) is 0 Å². The summed E-state index contributed by atoms with van der Waals surface area (Å²) in [6, 6.07) is 25.2. The molecule has 0 aliphatic heterocycles. The Labute approximate surface area is 132 Å². The molecule has 3 aromatic rings. The molecule has 102 valence electrons. The number of carbonyl (C=O) groups excluding carboxylic acids is 1. The number of carbonyl (C=O) groups is 1. The lowest BCUT2D eigenvalue weighted by Gasteiger charge is -2.09. The van der Waals surface area contributed by atoms with E-state index in [1.54, 1.807) is 0 Å². The maximum absolute atomic E-state index is 12.7. The molecule has 0 fully saturated rings. The number of hydrogen-bond acceptors (Lipinski definition) is 1. The van der Waals surface area contributed by atoms with E-state index in [1.807, 2.05) is 78.9 Å². The number of halogens is 1. The third-order valence-corrected chi connectivity index (χ3v) is 3.89. The van der Waals surface area contributed by atoms with Gasteiger partial charge in [0.1, 0.15) is 0 Å². The van der Waals surface area contributed by atoms with E-state index >= 15 is 0 Å². The summed E-state index contributed by atoms with van der Waals surface area (Å²) in [5.74, 6) is 0.0435. The van der Waals surface area contributed by atoms with Gasteiger partial charge in [0.2, 0.25) is 0 Å². The molecule has 3 aromatic carbocycles. The molecule has 0 unspecified atom stereocenters. The second-order valence-corrected chi connectivity index (χ2v) is 5.66. The van der Waals surface area contributed by atoms with Crippen molar-refractivity contribution in [3.63, 3.8) is 0 Å². The van der Waals surface area contributed by atoms with Crippen LogP contribution in [0.25, 0.3) is 11.1 Å². The predicted octanol–water partition coefficient (Wildman–Crippen LogP) is 5.35. The lowest BCUT2D eigenvalue weighted by molar-refractivity contribution is 0.103. The SMILES string of the molecule is O=C(c1ccc(Br)cc1)c1ccccc1-c1ccccc1. The van der Waals surface area contributed by atoms with Crippen LogP contribution in [0.15, 0.2) is 83.3 Å². The monoisotopic (exact) mass is 336 g/mol. The number of ketones is 1. The summed E-state index contributed by atoms with van der Waals surface area (Å²) < 4.78 is 0.968. The Hall–Kier alpha value is -2.19. The zero-order valence-corrected chi connectivity index (χ0v) is 12.9. The van der Waals surface area contributed by atoms with Gasteiger partial charge in [-0.25, -0.2) is 0 Å². The second-order valence-electron chi connectivity index (χ2n) is 4.75. The molecule has 0 aliphatic rings. The fourth-order valence-electron chi connectivity index (χ4n) is 2.31. The molecule has 1 nitrogen and oxygen atoms in total. The molecule has 0 spiro atoms. The average molecular weight is 337 g/mol. The molecule has 0 saturated carbocycles. The molecular weight excluding hydrogens is 324 g/mol. The number of hydrogen-bond donors (Lipinski definition) is 0. The van der Waals surface area contributed by atoms with Crippen LogP contribution in [0.1, 0.15) is 15.9 Å². The van der Waals surface area contributed by atoms with Crippen molar-refractivity contribution in [3.05, 3.63) is 94.5 Å². The van der Waals surface area contributed by atoms with Gasteiger partial charge < -0.3 is 0 Å².